The van der Waals surface area contributed by atoms with Gasteiger partial charge in [0.25, 0.3) is 0 Å². The van der Waals surface area contributed by atoms with Crippen LogP contribution >= 0.6 is 37.9 Å². The summed E-state index contributed by atoms with van der Waals surface area (Å²) in [6, 6.07) is 0. The molecule has 0 N–H and O–H groups in total. The predicted octanol–water partition coefficient (Wildman–Crippen LogP) is 4.39. The number of unbranched alkanes of at least 4 members (excludes halogenated alkanes) is 13. The van der Waals surface area contributed by atoms with E-state index in [2.05, 4.69) is 44.8 Å². The van der Waals surface area contributed by atoms with Crippen molar-refractivity contribution in [1.29, 1.82) is 0 Å². The van der Waals surface area contributed by atoms with E-state index in [1.807, 2.05) is 0 Å². The first-order valence-electron chi connectivity index (χ1n) is 14.3. The van der Waals surface area contributed by atoms with Crippen LogP contribution in [0.25, 0.3) is 0 Å². The molecule has 0 bridgehead atoms. The van der Waals surface area contributed by atoms with Crippen molar-refractivity contribution < 1.29 is 29.7 Å². The Hall–Kier alpha value is 0.259. The van der Waals surface area contributed by atoms with Gasteiger partial charge in [-0.2, -0.15) is 37.9 Å². The third kappa shape index (κ3) is 65.4. The number of rotatable bonds is 23. The maximum absolute atomic E-state index is 9.96. The Labute approximate surface area is 263 Å². The largest absolute Gasteiger partial charge is 0.550 e. The molecule has 38 heavy (non-hydrogen) atoms. The molecule has 0 aliphatic carbocycles. The van der Waals surface area contributed by atoms with E-state index < -0.39 is 17.9 Å². The Morgan fingerprint density at radius 3 is 0.868 bits per heavy atom. The van der Waals surface area contributed by atoms with E-state index in [1.165, 1.54) is 17.3 Å². The Morgan fingerprint density at radius 2 is 0.711 bits per heavy atom. The molecule has 10 heteroatoms. The Bertz CT molecular complexity index is 422. The summed E-state index contributed by atoms with van der Waals surface area (Å²) in [5.74, 6) is -0.000789. The fourth-order valence-electron chi connectivity index (χ4n) is 2.91. The van der Waals surface area contributed by atoms with Crippen LogP contribution in [0, 0.1) is 0 Å². The molecular weight excluding hydrogens is 647 g/mol. The van der Waals surface area contributed by atoms with Gasteiger partial charge in [-0.3, -0.25) is 0 Å². The van der Waals surface area contributed by atoms with Crippen molar-refractivity contribution in [2.75, 3.05) is 17.3 Å². The van der Waals surface area contributed by atoms with Crippen LogP contribution in [0.1, 0.15) is 135 Å². The second kappa shape index (κ2) is 44.3. The maximum atomic E-state index is 9.96. The Morgan fingerprint density at radius 1 is 0.474 bits per heavy atom. The van der Waals surface area contributed by atoms with Gasteiger partial charge in [0.05, 0.1) is 0 Å². The minimum Gasteiger partial charge on any atom is -0.550 e. The second-order valence-corrected chi connectivity index (χ2v) is 11.7. The molecule has 0 saturated carbocycles. The van der Waals surface area contributed by atoms with E-state index in [9.17, 15) is 29.7 Å². The molecule has 0 heterocycles. The van der Waals surface area contributed by atoms with Crippen molar-refractivity contribution in [2.24, 2.45) is 0 Å². The van der Waals surface area contributed by atoms with Gasteiger partial charge in [-0.15, -0.1) is 0 Å². The van der Waals surface area contributed by atoms with Gasteiger partial charge in [0, 0.05) is 17.9 Å². The monoisotopic (exact) mass is 702 g/mol. The number of carbonyl (C=O) groups is 3. The average Bonchev–Trinajstić information content (AvgIpc) is 2.87. The standard InChI is InChI=1S/3C8H16O2S.C4H9.Sn/c3*9-8(10)6-4-2-1-3-5-7-11;1-3-4-2;/h3*11H,1-7H2,(H,9,10);1,3-4H2,2H3;/q;;;;+3/p-3. The molecule has 0 fully saturated rings. The minimum absolute atomic E-state index is 0.209. The van der Waals surface area contributed by atoms with Gasteiger partial charge in [-0.1, -0.05) is 57.8 Å². The number of carbonyl (C=O) groups excluding carboxylic acids is 3. The molecule has 0 aromatic heterocycles. The zero-order chi connectivity index (χ0) is 29.7. The molecule has 0 aromatic rings. The number of hydrogen-bond donors (Lipinski definition) is 3. The molecule has 224 valence electrons. The van der Waals surface area contributed by atoms with Crippen LogP contribution in [0.4, 0.5) is 0 Å². The van der Waals surface area contributed by atoms with Gasteiger partial charge < -0.3 is 29.7 Å². The molecule has 6 nitrogen and oxygen atoms in total. The molecule has 0 aliphatic rings. The number of hydrogen-bond acceptors (Lipinski definition) is 9. The first kappa shape index (κ1) is 45.3. The van der Waals surface area contributed by atoms with E-state index in [0.717, 1.165) is 114 Å². The summed E-state index contributed by atoms with van der Waals surface area (Å²) in [4.78, 5) is 29.9. The summed E-state index contributed by atoms with van der Waals surface area (Å²) < 4.78 is 1.43. The van der Waals surface area contributed by atoms with E-state index >= 15 is 0 Å². The summed E-state index contributed by atoms with van der Waals surface area (Å²) in [5.41, 5.74) is 0. The van der Waals surface area contributed by atoms with Crippen LogP contribution < -0.4 is 15.3 Å². The van der Waals surface area contributed by atoms with E-state index in [0.29, 0.717) is 0 Å². The van der Waals surface area contributed by atoms with Gasteiger partial charge in [0.15, 0.2) is 0 Å². The van der Waals surface area contributed by atoms with Crippen LogP contribution in [0.15, 0.2) is 0 Å². The second-order valence-electron chi connectivity index (χ2n) is 8.94. The zero-order valence-corrected chi connectivity index (χ0v) is 29.3. The quantitative estimate of drug-likeness (QED) is 0.0827. The summed E-state index contributed by atoms with van der Waals surface area (Å²) in [7, 11) is 0. The maximum Gasteiger partial charge on any atom is 0.0414 e. The van der Waals surface area contributed by atoms with Crippen molar-refractivity contribution in [1.82, 2.24) is 0 Å². The fourth-order valence-corrected chi connectivity index (χ4v) is 4.59. The van der Waals surface area contributed by atoms with Gasteiger partial charge in [-0.05, 0) is 75.0 Å². The summed E-state index contributed by atoms with van der Waals surface area (Å²) >= 11 is 13.9. The van der Waals surface area contributed by atoms with E-state index in [-0.39, 0.29) is 19.3 Å². The molecule has 0 unspecified atom stereocenters. The number of carboxylic acids is 3. The van der Waals surface area contributed by atoms with Gasteiger partial charge in [0.1, 0.15) is 0 Å². The van der Waals surface area contributed by atoms with Gasteiger partial charge in [-0.25, -0.2) is 0 Å². The van der Waals surface area contributed by atoms with Crippen LogP contribution in [-0.4, -0.2) is 57.7 Å². The topological polar surface area (TPSA) is 120 Å². The molecule has 0 aliphatic heterocycles. The van der Waals surface area contributed by atoms with Crippen LogP contribution in [0.5, 0.6) is 0 Å². The number of thiol groups is 3. The molecule has 0 amide bonds. The molecule has 0 atom stereocenters. The van der Waals surface area contributed by atoms with Crippen molar-refractivity contribution >= 4 is 78.3 Å². The molecular formula is C28H54O6S3Sn. The smallest absolute Gasteiger partial charge is 0.0414 e. The molecule has 0 spiro atoms. The fraction of sp³-hybridized carbons (Fsp3) is 0.893. The zero-order valence-electron chi connectivity index (χ0n) is 23.8. The van der Waals surface area contributed by atoms with E-state index in [1.54, 1.807) is 22.5 Å². The van der Waals surface area contributed by atoms with Crippen molar-refractivity contribution in [2.45, 2.75) is 140 Å². The number of carboxylic acid groups (broad SMARTS) is 3. The van der Waals surface area contributed by atoms with Crippen molar-refractivity contribution in [3.05, 3.63) is 0 Å². The number of aliphatic carboxylic acids is 3. The molecule has 0 aromatic carbocycles. The van der Waals surface area contributed by atoms with Gasteiger partial charge >= 0.3 is 46.7 Å². The SMILES string of the molecule is CCC[CH2][Sn+3].O=C([O-])CCCCCCCS.O=C([O-])CCCCCCCS.O=C([O-])CCCCCCCS. The Balaban J connectivity index is -0.000000209. The molecule has 0 saturated heterocycles. The third-order valence-corrected chi connectivity index (χ3v) is 7.11. The summed E-state index contributed by atoms with van der Waals surface area (Å²) in [5, 5.41) is 29.9. The molecule has 0 rings (SSSR count). The van der Waals surface area contributed by atoms with Crippen LogP contribution in [0.2, 0.25) is 4.44 Å². The van der Waals surface area contributed by atoms with E-state index in [4.69, 9.17) is 0 Å². The first-order valence-corrected chi connectivity index (χ1v) is 18.2. The van der Waals surface area contributed by atoms with Crippen molar-refractivity contribution in [3.63, 3.8) is 0 Å². The molecule has 0 radical (unpaired) electrons. The normalized spacial score (nSPS) is 9.74. The average molecular weight is 702 g/mol. The predicted molar refractivity (Wildman–Crippen MR) is 165 cm³/mol. The third-order valence-electron chi connectivity index (χ3n) is 5.15. The van der Waals surface area contributed by atoms with Crippen molar-refractivity contribution in [3.8, 4) is 0 Å². The van der Waals surface area contributed by atoms with Gasteiger partial charge in [0.2, 0.25) is 0 Å². The van der Waals surface area contributed by atoms with Crippen LogP contribution in [-0.2, 0) is 14.4 Å². The summed E-state index contributed by atoms with van der Waals surface area (Å²) in [6.07, 6.45) is 19.0. The summed E-state index contributed by atoms with van der Waals surface area (Å²) in [6.45, 7) is 2.23. The first-order chi connectivity index (χ1) is 18.2. The minimum atomic E-state index is -0.931. The Kier molecular flexibility index (Phi) is 52.7. The van der Waals surface area contributed by atoms with Crippen LogP contribution in [0.3, 0.4) is 0 Å².